The van der Waals surface area contributed by atoms with Gasteiger partial charge in [0.25, 0.3) is 0 Å². The lowest BCUT2D eigenvalue weighted by Gasteiger charge is -2.09. The monoisotopic (exact) mass is 417 g/mol. The van der Waals surface area contributed by atoms with Crippen LogP contribution in [0.4, 0.5) is 0 Å². The number of amides is 1. The van der Waals surface area contributed by atoms with Crippen LogP contribution < -0.4 is 10.6 Å². The number of hydrogen-bond acceptors (Lipinski definition) is 7. The van der Waals surface area contributed by atoms with Crippen molar-refractivity contribution in [1.82, 2.24) is 35.5 Å². The Morgan fingerprint density at radius 3 is 2.90 bits per heavy atom. The fraction of sp³-hybridized carbons (Fsp3) is 0.421. The smallest absolute Gasteiger partial charge is 0.237 e. The minimum absolute atomic E-state index is 0. The van der Waals surface area contributed by atoms with E-state index in [1.54, 1.807) is 10.9 Å². The molecule has 2 N–H and O–H groups in total. The molecule has 0 spiro atoms. The maximum atomic E-state index is 12.0. The second kappa shape index (κ2) is 9.15. The molecule has 0 aromatic carbocycles. The van der Waals surface area contributed by atoms with E-state index in [1.165, 1.54) is 0 Å². The fourth-order valence-corrected chi connectivity index (χ4v) is 3.30. The summed E-state index contributed by atoms with van der Waals surface area (Å²) in [5.74, 6) is 1.73. The van der Waals surface area contributed by atoms with Crippen molar-refractivity contribution in [1.29, 1.82) is 0 Å². The van der Waals surface area contributed by atoms with Crippen molar-refractivity contribution in [3.63, 3.8) is 0 Å². The largest absolute Gasteiger partial charge is 0.354 e. The number of pyridine rings is 1. The molecule has 1 aliphatic heterocycles. The van der Waals surface area contributed by atoms with Crippen LogP contribution in [0.25, 0.3) is 17.2 Å². The van der Waals surface area contributed by atoms with E-state index in [-0.39, 0.29) is 24.4 Å². The summed E-state index contributed by atoms with van der Waals surface area (Å²) < 4.78 is 7.08. The Hall–Kier alpha value is -2.78. The standard InChI is InChI=1S/C19H23N7O2.ClH/c1-12-10-13(2)26(24-12)16-6-5-14(11-22-16)18-23-17(28-25-18)7-9-21-19(27)15-4-3-8-20-15;/h5-6,10-11,15,20H,3-4,7-9H2,1-2H3,(H,21,27);1H. The number of carbonyl (C=O) groups is 1. The lowest BCUT2D eigenvalue weighted by Crippen LogP contribution is -2.41. The molecule has 0 radical (unpaired) electrons. The minimum Gasteiger partial charge on any atom is -0.354 e. The molecular weight excluding hydrogens is 394 g/mol. The SMILES string of the molecule is Cc1cc(C)n(-c2ccc(-c3noc(CCNC(=O)C4CCCN4)n3)cn2)n1.Cl. The molecule has 154 valence electrons. The molecule has 10 heteroatoms. The predicted molar refractivity (Wildman–Crippen MR) is 109 cm³/mol. The van der Waals surface area contributed by atoms with E-state index in [0.717, 1.165) is 42.2 Å². The van der Waals surface area contributed by atoms with Gasteiger partial charge in [-0.1, -0.05) is 5.16 Å². The quantitative estimate of drug-likeness (QED) is 0.628. The van der Waals surface area contributed by atoms with E-state index in [0.29, 0.717) is 24.7 Å². The van der Waals surface area contributed by atoms with Gasteiger partial charge in [-0.05, 0) is 51.4 Å². The van der Waals surface area contributed by atoms with Crippen LogP contribution in [0.2, 0.25) is 0 Å². The topological polar surface area (TPSA) is 111 Å². The van der Waals surface area contributed by atoms with Gasteiger partial charge in [0.1, 0.15) is 0 Å². The molecule has 0 bridgehead atoms. The molecular formula is C19H24ClN7O2. The molecule has 1 aliphatic rings. The lowest BCUT2D eigenvalue weighted by molar-refractivity contribution is -0.122. The first kappa shape index (κ1) is 20.9. The summed E-state index contributed by atoms with van der Waals surface area (Å²) in [6.07, 6.45) is 4.12. The molecule has 3 aromatic rings. The summed E-state index contributed by atoms with van der Waals surface area (Å²) in [5.41, 5.74) is 2.73. The fourth-order valence-electron chi connectivity index (χ4n) is 3.30. The molecule has 4 heterocycles. The van der Waals surface area contributed by atoms with Gasteiger partial charge in [0.15, 0.2) is 5.82 Å². The zero-order chi connectivity index (χ0) is 19.5. The molecule has 3 aromatic heterocycles. The van der Waals surface area contributed by atoms with Gasteiger partial charge in [0, 0.05) is 30.4 Å². The predicted octanol–water partition coefficient (Wildman–Crippen LogP) is 1.77. The van der Waals surface area contributed by atoms with Crippen molar-refractivity contribution in [2.45, 2.75) is 39.2 Å². The van der Waals surface area contributed by atoms with Crippen LogP contribution >= 0.6 is 12.4 Å². The zero-order valence-corrected chi connectivity index (χ0v) is 17.2. The molecule has 0 aliphatic carbocycles. The first-order chi connectivity index (χ1) is 13.6. The molecule has 0 saturated carbocycles. The second-order valence-corrected chi connectivity index (χ2v) is 6.95. The van der Waals surface area contributed by atoms with Gasteiger partial charge < -0.3 is 15.2 Å². The highest BCUT2D eigenvalue weighted by atomic mass is 35.5. The van der Waals surface area contributed by atoms with E-state index in [9.17, 15) is 4.79 Å². The Morgan fingerprint density at radius 2 is 2.24 bits per heavy atom. The van der Waals surface area contributed by atoms with E-state index in [4.69, 9.17) is 4.52 Å². The average molecular weight is 418 g/mol. The summed E-state index contributed by atoms with van der Waals surface area (Å²) >= 11 is 0. The van der Waals surface area contributed by atoms with E-state index in [1.807, 2.05) is 32.0 Å². The summed E-state index contributed by atoms with van der Waals surface area (Å²) in [5, 5.41) is 14.5. The molecule has 9 nitrogen and oxygen atoms in total. The number of carbonyl (C=O) groups excluding carboxylic acids is 1. The van der Waals surface area contributed by atoms with E-state index in [2.05, 4.69) is 30.9 Å². The van der Waals surface area contributed by atoms with Gasteiger partial charge in [-0.25, -0.2) is 9.67 Å². The number of aryl methyl sites for hydroxylation is 2. The summed E-state index contributed by atoms with van der Waals surface area (Å²) in [7, 11) is 0. The molecule has 1 fully saturated rings. The van der Waals surface area contributed by atoms with Crippen molar-refractivity contribution in [3.05, 3.63) is 41.7 Å². The summed E-state index contributed by atoms with van der Waals surface area (Å²) in [6.45, 7) is 5.30. The molecule has 1 unspecified atom stereocenters. The van der Waals surface area contributed by atoms with Gasteiger partial charge in [-0.2, -0.15) is 10.1 Å². The van der Waals surface area contributed by atoms with E-state index < -0.39 is 0 Å². The molecule has 1 atom stereocenters. The zero-order valence-electron chi connectivity index (χ0n) is 16.4. The highest BCUT2D eigenvalue weighted by Gasteiger charge is 2.21. The maximum absolute atomic E-state index is 12.0. The first-order valence-electron chi connectivity index (χ1n) is 9.44. The van der Waals surface area contributed by atoms with Crippen molar-refractivity contribution < 1.29 is 9.32 Å². The molecule has 4 rings (SSSR count). The van der Waals surface area contributed by atoms with Gasteiger partial charge in [0.2, 0.25) is 17.6 Å². The van der Waals surface area contributed by atoms with Crippen LogP contribution in [-0.2, 0) is 11.2 Å². The Balaban J connectivity index is 0.00000240. The van der Waals surface area contributed by atoms with Gasteiger partial charge in [-0.15, -0.1) is 12.4 Å². The van der Waals surface area contributed by atoms with Crippen LogP contribution in [0, 0.1) is 13.8 Å². The maximum Gasteiger partial charge on any atom is 0.237 e. The van der Waals surface area contributed by atoms with Gasteiger partial charge in [0.05, 0.1) is 11.7 Å². The number of rotatable bonds is 6. The molecule has 1 saturated heterocycles. The van der Waals surface area contributed by atoms with Crippen molar-refractivity contribution in [2.24, 2.45) is 0 Å². The Labute approximate surface area is 174 Å². The van der Waals surface area contributed by atoms with Crippen LogP contribution in [0.5, 0.6) is 0 Å². The number of hydrogen-bond donors (Lipinski definition) is 2. The summed E-state index contributed by atoms with van der Waals surface area (Å²) in [4.78, 5) is 20.8. The highest BCUT2D eigenvalue weighted by Crippen LogP contribution is 2.17. The molecule has 1 amide bonds. The van der Waals surface area contributed by atoms with Crippen LogP contribution in [0.1, 0.15) is 30.1 Å². The average Bonchev–Trinajstić information content (AvgIpc) is 3.43. The van der Waals surface area contributed by atoms with E-state index >= 15 is 0 Å². The number of halogens is 1. The normalized spacial score (nSPS) is 15.9. The number of nitrogens with one attached hydrogen (secondary N) is 2. The second-order valence-electron chi connectivity index (χ2n) is 6.95. The summed E-state index contributed by atoms with van der Waals surface area (Å²) in [6, 6.07) is 5.69. The highest BCUT2D eigenvalue weighted by molar-refractivity contribution is 5.85. The Kier molecular flexibility index (Phi) is 6.60. The van der Waals surface area contributed by atoms with Crippen molar-refractivity contribution in [2.75, 3.05) is 13.1 Å². The third-order valence-corrected chi connectivity index (χ3v) is 4.72. The first-order valence-corrected chi connectivity index (χ1v) is 9.44. The Morgan fingerprint density at radius 1 is 1.38 bits per heavy atom. The van der Waals surface area contributed by atoms with Crippen LogP contribution in [0.15, 0.2) is 28.9 Å². The van der Waals surface area contributed by atoms with Crippen LogP contribution in [0.3, 0.4) is 0 Å². The third-order valence-electron chi connectivity index (χ3n) is 4.72. The minimum atomic E-state index is -0.0787. The lowest BCUT2D eigenvalue weighted by atomic mass is 10.2. The third kappa shape index (κ3) is 4.80. The Bertz CT molecular complexity index is 961. The van der Waals surface area contributed by atoms with Crippen molar-refractivity contribution in [3.8, 4) is 17.2 Å². The van der Waals surface area contributed by atoms with Crippen molar-refractivity contribution >= 4 is 18.3 Å². The number of nitrogens with zero attached hydrogens (tertiary/aromatic N) is 5. The van der Waals surface area contributed by atoms with Gasteiger partial charge in [-0.3, -0.25) is 4.79 Å². The van der Waals surface area contributed by atoms with Crippen LogP contribution in [-0.4, -0.2) is 49.9 Å². The number of aromatic nitrogens is 5. The molecule has 29 heavy (non-hydrogen) atoms. The van der Waals surface area contributed by atoms with Gasteiger partial charge >= 0.3 is 0 Å².